The SMILES string of the molecule is CCS(=O)(=O)NCCn1c(Cc2cc3c(cc2C)CCC3F)nc2c(N)nc(F)nc21. The number of fused-ring (bicyclic) bond motifs is 2. The molecular formula is C20H24F2N6O2S. The fourth-order valence-electron chi connectivity index (χ4n) is 3.96. The molecule has 11 heteroatoms. The number of aromatic nitrogens is 4. The molecule has 1 aromatic carbocycles. The van der Waals surface area contributed by atoms with E-state index in [2.05, 4.69) is 19.7 Å². The zero-order valence-electron chi connectivity index (χ0n) is 17.3. The number of alkyl halides is 1. The highest BCUT2D eigenvalue weighted by atomic mass is 32.2. The lowest BCUT2D eigenvalue weighted by Gasteiger charge is -2.13. The highest BCUT2D eigenvalue weighted by molar-refractivity contribution is 7.89. The highest BCUT2D eigenvalue weighted by Crippen LogP contribution is 2.36. The van der Waals surface area contributed by atoms with Crippen LogP contribution < -0.4 is 10.5 Å². The predicted octanol–water partition coefficient (Wildman–Crippen LogP) is 2.34. The number of halogens is 2. The number of nitrogen functional groups attached to an aromatic ring is 1. The maximum Gasteiger partial charge on any atom is 0.312 e. The van der Waals surface area contributed by atoms with Crippen LogP contribution in [0.4, 0.5) is 14.6 Å². The van der Waals surface area contributed by atoms with Crippen molar-refractivity contribution in [3.63, 3.8) is 0 Å². The van der Waals surface area contributed by atoms with Crippen LogP contribution in [0.25, 0.3) is 11.2 Å². The van der Waals surface area contributed by atoms with Gasteiger partial charge in [0.05, 0.1) is 5.75 Å². The molecule has 4 rings (SSSR count). The Morgan fingerprint density at radius 1 is 1.29 bits per heavy atom. The Hall–Kier alpha value is -2.66. The van der Waals surface area contributed by atoms with E-state index in [1.807, 2.05) is 19.1 Å². The van der Waals surface area contributed by atoms with Gasteiger partial charge in [-0.15, -0.1) is 0 Å². The second-order valence-electron chi connectivity index (χ2n) is 7.69. The zero-order chi connectivity index (χ0) is 22.3. The molecular weight excluding hydrogens is 426 g/mol. The van der Waals surface area contributed by atoms with Crippen molar-refractivity contribution in [3.8, 4) is 0 Å². The van der Waals surface area contributed by atoms with Gasteiger partial charge in [0.15, 0.2) is 17.0 Å². The van der Waals surface area contributed by atoms with Gasteiger partial charge >= 0.3 is 6.08 Å². The topological polar surface area (TPSA) is 116 Å². The lowest BCUT2D eigenvalue weighted by atomic mass is 9.98. The van der Waals surface area contributed by atoms with Gasteiger partial charge in [0.25, 0.3) is 0 Å². The lowest BCUT2D eigenvalue weighted by Crippen LogP contribution is -2.29. The molecule has 3 aromatic rings. The highest BCUT2D eigenvalue weighted by Gasteiger charge is 2.24. The molecule has 1 atom stereocenters. The summed E-state index contributed by atoms with van der Waals surface area (Å²) in [6.07, 6.45) is -0.421. The summed E-state index contributed by atoms with van der Waals surface area (Å²) in [7, 11) is -3.39. The summed E-state index contributed by atoms with van der Waals surface area (Å²) in [6.45, 7) is 3.75. The van der Waals surface area contributed by atoms with Gasteiger partial charge in [-0.05, 0) is 48.9 Å². The normalized spacial score (nSPS) is 16.2. The van der Waals surface area contributed by atoms with Gasteiger partial charge in [-0.3, -0.25) is 0 Å². The summed E-state index contributed by atoms with van der Waals surface area (Å²) >= 11 is 0. The number of nitrogens with zero attached hydrogens (tertiary/aromatic N) is 4. The lowest BCUT2D eigenvalue weighted by molar-refractivity contribution is 0.343. The van der Waals surface area contributed by atoms with Gasteiger partial charge in [0, 0.05) is 19.5 Å². The summed E-state index contributed by atoms with van der Waals surface area (Å²) in [4.78, 5) is 11.9. The number of sulfonamides is 1. The van der Waals surface area contributed by atoms with E-state index >= 15 is 0 Å². The zero-order valence-corrected chi connectivity index (χ0v) is 18.1. The minimum absolute atomic E-state index is 0.0486. The van der Waals surface area contributed by atoms with E-state index in [0.29, 0.717) is 24.2 Å². The van der Waals surface area contributed by atoms with Crippen LogP contribution in [-0.4, -0.2) is 40.2 Å². The number of nitrogens with one attached hydrogen (secondary N) is 1. The summed E-state index contributed by atoms with van der Waals surface area (Å²) in [5.41, 5.74) is 9.90. The Morgan fingerprint density at radius 2 is 2.06 bits per heavy atom. The second kappa shape index (κ2) is 8.12. The van der Waals surface area contributed by atoms with Crippen molar-refractivity contribution in [2.45, 2.75) is 45.8 Å². The van der Waals surface area contributed by atoms with Crippen LogP contribution >= 0.6 is 0 Å². The molecule has 0 fully saturated rings. The quantitative estimate of drug-likeness (QED) is 0.534. The van der Waals surface area contributed by atoms with Crippen LogP contribution in [0.1, 0.15) is 47.6 Å². The molecule has 0 radical (unpaired) electrons. The minimum Gasteiger partial charge on any atom is -0.382 e. The molecule has 0 saturated carbocycles. The maximum atomic E-state index is 14.3. The van der Waals surface area contributed by atoms with Crippen molar-refractivity contribution in [3.05, 3.63) is 46.3 Å². The Bertz CT molecular complexity index is 1260. The van der Waals surface area contributed by atoms with E-state index in [0.717, 1.165) is 23.1 Å². The monoisotopic (exact) mass is 450 g/mol. The molecule has 1 aliphatic carbocycles. The molecule has 3 N–H and O–H groups in total. The third-order valence-corrected chi connectivity index (χ3v) is 7.07. The number of anilines is 1. The first kappa shape index (κ1) is 21.6. The smallest absolute Gasteiger partial charge is 0.312 e. The van der Waals surface area contributed by atoms with E-state index in [-0.39, 0.29) is 35.8 Å². The van der Waals surface area contributed by atoms with Crippen molar-refractivity contribution in [1.82, 2.24) is 24.2 Å². The van der Waals surface area contributed by atoms with Gasteiger partial charge in [0.1, 0.15) is 12.0 Å². The van der Waals surface area contributed by atoms with Gasteiger partial charge < -0.3 is 10.3 Å². The van der Waals surface area contributed by atoms with Crippen molar-refractivity contribution < 1.29 is 17.2 Å². The molecule has 166 valence electrons. The van der Waals surface area contributed by atoms with Crippen LogP contribution in [0, 0.1) is 13.0 Å². The van der Waals surface area contributed by atoms with Crippen LogP contribution in [0.15, 0.2) is 12.1 Å². The average molecular weight is 451 g/mol. The van der Waals surface area contributed by atoms with Crippen LogP contribution in [-0.2, 0) is 29.4 Å². The van der Waals surface area contributed by atoms with Gasteiger partial charge in [0.2, 0.25) is 10.0 Å². The summed E-state index contributed by atoms with van der Waals surface area (Å²) in [5.74, 6) is 0.382. The molecule has 0 amide bonds. The molecule has 1 aliphatic rings. The van der Waals surface area contributed by atoms with E-state index in [9.17, 15) is 17.2 Å². The van der Waals surface area contributed by atoms with Crippen LogP contribution in [0.3, 0.4) is 0 Å². The number of aryl methyl sites for hydroxylation is 2. The number of nitrogens with two attached hydrogens (primary N) is 1. The largest absolute Gasteiger partial charge is 0.382 e. The first-order valence-electron chi connectivity index (χ1n) is 10.1. The first-order valence-corrected chi connectivity index (χ1v) is 11.8. The Kier molecular flexibility index (Phi) is 5.65. The molecule has 1 unspecified atom stereocenters. The standard InChI is InChI=1S/C20H24F2N6O2S/c1-3-31(29,30)24-6-7-28-16(25-17-18(23)26-20(22)27-19(17)28)10-13-9-14-12(8-11(13)2)4-5-15(14)21/h8-9,15,24H,3-7,10H2,1-2H3,(H2,23,26,27). The van der Waals surface area contributed by atoms with Gasteiger partial charge in [-0.2, -0.15) is 14.4 Å². The summed E-state index contributed by atoms with van der Waals surface area (Å²) in [6, 6.07) is 3.86. The van der Waals surface area contributed by atoms with Crippen LogP contribution in [0.2, 0.25) is 0 Å². The van der Waals surface area contributed by atoms with Crippen molar-refractivity contribution >= 4 is 27.0 Å². The third kappa shape index (κ3) is 4.24. The van der Waals surface area contributed by atoms with Crippen molar-refractivity contribution in [2.75, 3.05) is 18.0 Å². The second-order valence-corrected chi connectivity index (χ2v) is 9.78. The van der Waals surface area contributed by atoms with E-state index in [1.54, 1.807) is 11.5 Å². The van der Waals surface area contributed by atoms with Crippen molar-refractivity contribution in [1.29, 1.82) is 0 Å². The van der Waals surface area contributed by atoms with E-state index in [4.69, 9.17) is 5.73 Å². The van der Waals surface area contributed by atoms with E-state index < -0.39 is 22.3 Å². The summed E-state index contributed by atoms with van der Waals surface area (Å²) < 4.78 is 55.8. The number of hydrogen-bond acceptors (Lipinski definition) is 6. The van der Waals surface area contributed by atoms with Gasteiger partial charge in [-0.1, -0.05) is 12.1 Å². The average Bonchev–Trinajstić information content (AvgIpc) is 3.23. The molecule has 8 nitrogen and oxygen atoms in total. The molecule has 0 spiro atoms. The Balaban J connectivity index is 1.73. The molecule has 0 aliphatic heterocycles. The van der Waals surface area contributed by atoms with Crippen LogP contribution in [0.5, 0.6) is 0 Å². The molecule has 0 bridgehead atoms. The predicted molar refractivity (Wildman–Crippen MR) is 113 cm³/mol. The minimum atomic E-state index is -3.39. The Labute approximate surface area is 179 Å². The van der Waals surface area contributed by atoms with Gasteiger partial charge in [-0.25, -0.2) is 22.5 Å². The number of hydrogen-bond donors (Lipinski definition) is 2. The Morgan fingerprint density at radius 3 is 2.81 bits per heavy atom. The van der Waals surface area contributed by atoms with E-state index in [1.165, 1.54) is 0 Å². The number of imidazole rings is 1. The maximum absolute atomic E-state index is 14.3. The molecule has 2 aromatic heterocycles. The number of benzene rings is 1. The third-order valence-electron chi connectivity index (χ3n) is 5.66. The molecule has 0 saturated heterocycles. The first-order chi connectivity index (χ1) is 14.7. The number of rotatable bonds is 7. The fraction of sp³-hybridized carbons (Fsp3) is 0.450. The van der Waals surface area contributed by atoms with Crippen molar-refractivity contribution in [2.24, 2.45) is 0 Å². The molecule has 31 heavy (non-hydrogen) atoms. The molecule has 2 heterocycles. The summed E-state index contributed by atoms with van der Waals surface area (Å²) in [5, 5.41) is 0. The fourth-order valence-corrected chi connectivity index (χ4v) is 4.57.